The molecule has 0 amide bonds. The first-order chi connectivity index (χ1) is 22.1. The lowest BCUT2D eigenvalue weighted by Gasteiger charge is -2.19. The number of anilines is 1. The summed E-state index contributed by atoms with van der Waals surface area (Å²) in [7, 11) is 4.19. The number of fused-ring (bicyclic) bond motifs is 5. The number of aromatic nitrogens is 4. The molecule has 0 saturated carbocycles. The second kappa shape index (κ2) is 9.82. The molecule has 6 nitrogen and oxygen atoms in total. The lowest BCUT2D eigenvalue weighted by molar-refractivity contribution is 0.496. The van der Waals surface area contributed by atoms with Crippen LogP contribution in [0.1, 0.15) is 0 Å². The number of pyridine rings is 1. The number of hydrogen-bond acceptors (Lipinski definition) is 4. The average Bonchev–Trinajstić information content (AvgIpc) is 3.77. The maximum Gasteiger partial charge on any atom is 0.145 e. The quantitative estimate of drug-likeness (QED) is 0.208. The van der Waals surface area contributed by atoms with Gasteiger partial charge in [0.1, 0.15) is 11.5 Å². The van der Waals surface area contributed by atoms with Crippen LogP contribution in [0.5, 0.6) is 0 Å². The number of nitrogens with zero attached hydrogens (tertiary/aromatic N) is 6. The molecule has 0 spiro atoms. The lowest BCUT2D eigenvalue weighted by atomic mass is 9.98. The fourth-order valence-corrected chi connectivity index (χ4v) is 6.85. The third kappa shape index (κ3) is 4.03. The van der Waals surface area contributed by atoms with E-state index < -0.39 is 0 Å². The molecule has 216 valence electrons. The van der Waals surface area contributed by atoms with Crippen LogP contribution in [0.2, 0.25) is 0 Å². The molecule has 0 N–H and O–H groups in total. The Balaban J connectivity index is 1.20. The first-order valence-corrected chi connectivity index (χ1v) is 15.2. The zero-order valence-corrected chi connectivity index (χ0v) is 25.1. The highest BCUT2D eigenvalue weighted by Gasteiger charge is 2.18. The van der Waals surface area contributed by atoms with E-state index in [1.807, 2.05) is 12.3 Å². The summed E-state index contributed by atoms with van der Waals surface area (Å²) in [6.45, 7) is 0.827. The fourth-order valence-electron chi connectivity index (χ4n) is 6.85. The molecule has 1 aliphatic heterocycles. The van der Waals surface area contributed by atoms with Crippen molar-refractivity contribution in [1.82, 2.24) is 24.0 Å². The molecule has 9 rings (SSSR count). The summed E-state index contributed by atoms with van der Waals surface area (Å²) in [6, 6.07) is 41.2. The minimum Gasteiger partial charge on any atom is -0.361 e. The van der Waals surface area contributed by atoms with Crippen LogP contribution in [0.15, 0.2) is 134 Å². The third-order valence-electron chi connectivity index (χ3n) is 9.06. The molecule has 4 heterocycles. The largest absolute Gasteiger partial charge is 0.361 e. The number of benzene rings is 5. The smallest absolute Gasteiger partial charge is 0.145 e. The molecule has 0 saturated heterocycles. The summed E-state index contributed by atoms with van der Waals surface area (Å²) in [5.74, 6) is 0.936. The number of hydrogen-bond donors (Lipinski definition) is 0. The highest BCUT2D eigenvalue weighted by molar-refractivity contribution is 6.09. The van der Waals surface area contributed by atoms with Crippen molar-refractivity contribution in [2.24, 2.45) is 7.05 Å². The predicted octanol–water partition coefficient (Wildman–Crippen LogP) is 8.73. The molecule has 0 bridgehead atoms. The molecule has 0 atom stereocenters. The summed E-state index contributed by atoms with van der Waals surface area (Å²) in [4.78, 5) is 14.5. The Morgan fingerprint density at radius 3 is 2.36 bits per heavy atom. The van der Waals surface area contributed by atoms with E-state index in [1.54, 1.807) is 0 Å². The molecule has 0 radical (unpaired) electrons. The van der Waals surface area contributed by atoms with Gasteiger partial charge in [-0.1, -0.05) is 66.7 Å². The Morgan fingerprint density at radius 1 is 0.622 bits per heavy atom. The number of imidazole rings is 1. The van der Waals surface area contributed by atoms with Crippen molar-refractivity contribution in [3.63, 3.8) is 0 Å². The van der Waals surface area contributed by atoms with Crippen molar-refractivity contribution >= 4 is 49.4 Å². The Labute approximate surface area is 260 Å². The topological polar surface area (TPSA) is 42.1 Å². The van der Waals surface area contributed by atoms with Crippen molar-refractivity contribution in [3.05, 3.63) is 134 Å². The maximum atomic E-state index is 5.20. The van der Waals surface area contributed by atoms with Crippen LogP contribution in [-0.4, -0.2) is 37.7 Å². The zero-order chi connectivity index (χ0) is 30.1. The number of aryl methyl sites for hydroxylation is 1. The highest BCUT2D eigenvalue weighted by Crippen LogP contribution is 2.36. The van der Waals surface area contributed by atoms with E-state index in [9.17, 15) is 0 Å². The predicted molar refractivity (Wildman–Crippen MR) is 185 cm³/mol. The van der Waals surface area contributed by atoms with Gasteiger partial charge in [-0.2, -0.15) is 0 Å². The molecule has 8 aromatic rings. The van der Waals surface area contributed by atoms with Gasteiger partial charge in [-0.3, -0.25) is 4.57 Å². The SMILES string of the molecule is CN1C=CN(c2cccc(-n3c4cc(-c5nc6cc(-c7cccc8ccccc78)ccc6n5C)ccc4c4cccnc43)c2)C1. The fraction of sp³-hybridized carbons (Fsp3) is 0.0769. The Morgan fingerprint density at radius 2 is 1.44 bits per heavy atom. The minimum absolute atomic E-state index is 0.827. The summed E-state index contributed by atoms with van der Waals surface area (Å²) < 4.78 is 4.48. The molecule has 5 aromatic carbocycles. The van der Waals surface area contributed by atoms with Crippen molar-refractivity contribution in [2.45, 2.75) is 0 Å². The molecule has 0 unspecified atom stereocenters. The highest BCUT2D eigenvalue weighted by atomic mass is 15.3. The molecule has 45 heavy (non-hydrogen) atoms. The molecular formula is C39H30N6. The monoisotopic (exact) mass is 582 g/mol. The normalized spacial score (nSPS) is 13.3. The van der Waals surface area contributed by atoms with Gasteiger partial charge in [0.2, 0.25) is 0 Å². The van der Waals surface area contributed by atoms with Gasteiger partial charge in [0.25, 0.3) is 0 Å². The van der Waals surface area contributed by atoms with Gasteiger partial charge in [0, 0.05) is 60.4 Å². The van der Waals surface area contributed by atoms with E-state index in [1.165, 1.54) is 27.3 Å². The van der Waals surface area contributed by atoms with E-state index >= 15 is 0 Å². The zero-order valence-electron chi connectivity index (χ0n) is 25.1. The first kappa shape index (κ1) is 25.6. The Hall–Kier alpha value is -5.88. The molecule has 1 aliphatic rings. The summed E-state index contributed by atoms with van der Waals surface area (Å²) in [6.07, 6.45) is 6.10. The minimum atomic E-state index is 0.827. The molecule has 6 heteroatoms. The van der Waals surface area contributed by atoms with E-state index in [4.69, 9.17) is 9.97 Å². The van der Waals surface area contributed by atoms with Crippen molar-refractivity contribution < 1.29 is 0 Å². The summed E-state index contributed by atoms with van der Waals surface area (Å²) in [5.41, 5.74) is 9.82. The van der Waals surface area contributed by atoms with Crippen LogP contribution < -0.4 is 4.90 Å². The van der Waals surface area contributed by atoms with E-state index in [0.717, 1.165) is 57.0 Å². The average molecular weight is 583 g/mol. The van der Waals surface area contributed by atoms with Crippen molar-refractivity contribution in [1.29, 1.82) is 0 Å². The van der Waals surface area contributed by atoms with Crippen LogP contribution in [0.3, 0.4) is 0 Å². The summed E-state index contributed by atoms with van der Waals surface area (Å²) >= 11 is 0. The van der Waals surface area contributed by atoms with E-state index in [0.29, 0.717) is 0 Å². The van der Waals surface area contributed by atoms with Gasteiger partial charge in [-0.15, -0.1) is 0 Å². The van der Waals surface area contributed by atoms with E-state index in [-0.39, 0.29) is 0 Å². The third-order valence-corrected chi connectivity index (χ3v) is 9.06. The molecule has 0 aliphatic carbocycles. The van der Waals surface area contributed by atoms with Gasteiger partial charge >= 0.3 is 0 Å². The number of rotatable bonds is 4. The van der Waals surface area contributed by atoms with Gasteiger partial charge in [0.05, 0.1) is 23.2 Å². The van der Waals surface area contributed by atoms with Crippen LogP contribution in [0.4, 0.5) is 5.69 Å². The van der Waals surface area contributed by atoms with Crippen LogP contribution >= 0.6 is 0 Å². The second-order valence-electron chi connectivity index (χ2n) is 11.9. The van der Waals surface area contributed by atoms with Gasteiger partial charge in [-0.25, -0.2) is 9.97 Å². The van der Waals surface area contributed by atoms with Crippen LogP contribution in [0, 0.1) is 0 Å². The first-order valence-electron chi connectivity index (χ1n) is 15.2. The van der Waals surface area contributed by atoms with Crippen LogP contribution in [0.25, 0.3) is 71.9 Å². The molecular weight excluding hydrogens is 552 g/mol. The molecule has 3 aromatic heterocycles. The van der Waals surface area contributed by atoms with Crippen molar-refractivity contribution in [3.8, 4) is 28.2 Å². The molecule has 0 fully saturated rings. The second-order valence-corrected chi connectivity index (χ2v) is 11.9. The standard InChI is InChI=1S/C39H30N6/c1-42-20-21-44(25-42)29-10-6-11-30(24-29)45-37-23-28(15-17-33(37)34-14-7-19-40-39(34)45)38-41-35-22-27(16-18-36(35)43(38)2)32-13-5-9-26-8-3-4-12-31(26)32/h3-24H,25H2,1-2H3. The summed E-state index contributed by atoms with van der Waals surface area (Å²) in [5, 5.41) is 4.80. The van der Waals surface area contributed by atoms with Gasteiger partial charge < -0.3 is 14.4 Å². The lowest BCUT2D eigenvalue weighted by Crippen LogP contribution is -2.21. The maximum absolute atomic E-state index is 5.20. The van der Waals surface area contributed by atoms with Gasteiger partial charge in [-0.05, 0) is 70.4 Å². The van der Waals surface area contributed by atoms with Gasteiger partial charge in [0.15, 0.2) is 0 Å². The van der Waals surface area contributed by atoms with Crippen LogP contribution in [-0.2, 0) is 7.05 Å². The Kier molecular flexibility index (Phi) is 5.59. The van der Waals surface area contributed by atoms with Crippen molar-refractivity contribution in [2.75, 3.05) is 18.6 Å². The van der Waals surface area contributed by atoms with E-state index in [2.05, 4.69) is 155 Å². The Bertz CT molecular complexity index is 2460.